The highest BCUT2D eigenvalue weighted by Gasteiger charge is 2.13. The molecule has 0 saturated carbocycles. The van der Waals surface area contributed by atoms with Gasteiger partial charge in [0.15, 0.2) is 0 Å². The summed E-state index contributed by atoms with van der Waals surface area (Å²) in [5.74, 6) is 0.901. The Morgan fingerprint density at radius 1 is 1.17 bits per heavy atom. The van der Waals surface area contributed by atoms with Gasteiger partial charge in [0.2, 0.25) is 0 Å². The number of piperidine rings is 1. The molecule has 0 aromatic carbocycles. The first-order valence-electron chi connectivity index (χ1n) is 8.25. The molecule has 0 aromatic heterocycles. The molecular formula is C16H34N2. The van der Waals surface area contributed by atoms with Crippen molar-refractivity contribution < 1.29 is 0 Å². The Labute approximate surface area is 115 Å². The van der Waals surface area contributed by atoms with Crippen LogP contribution in [-0.4, -0.2) is 37.1 Å². The molecular weight excluding hydrogens is 220 g/mol. The molecule has 1 N–H and O–H groups in total. The number of nitrogens with zero attached hydrogens (tertiary/aromatic N) is 1. The van der Waals surface area contributed by atoms with Crippen molar-refractivity contribution in [2.75, 3.05) is 26.2 Å². The van der Waals surface area contributed by atoms with Gasteiger partial charge in [-0.15, -0.1) is 0 Å². The summed E-state index contributed by atoms with van der Waals surface area (Å²) in [6.07, 6.45) is 9.62. The Morgan fingerprint density at radius 2 is 1.94 bits per heavy atom. The summed E-state index contributed by atoms with van der Waals surface area (Å²) < 4.78 is 0. The topological polar surface area (TPSA) is 15.3 Å². The fraction of sp³-hybridized carbons (Fsp3) is 1.00. The smallest absolute Gasteiger partial charge is 0.00675 e. The molecule has 1 aliphatic heterocycles. The number of hydrogen-bond donors (Lipinski definition) is 1. The fourth-order valence-corrected chi connectivity index (χ4v) is 3.02. The molecule has 1 aliphatic rings. The maximum atomic E-state index is 3.66. The summed E-state index contributed by atoms with van der Waals surface area (Å²) in [4.78, 5) is 2.65. The van der Waals surface area contributed by atoms with Gasteiger partial charge in [-0.3, -0.25) is 0 Å². The van der Waals surface area contributed by atoms with Gasteiger partial charge in [0.05, 0.1) is 0 Å². The van der Waals surface area contributed by atoms with E-state index in [1.165, 1.54) is 71.1 Å². The van der Waals surface area contributed by atoms with E-state index in [4.69, 9.17) is 0 Å². The Bertz CT molecular complexity index is 184. The number of rotatable bonds is 9. The van der Waals surface area contributed by atoms with Crippen molar-refractivity contribution in [1.82, 2.24) is 10.2 Å². The molecule has 2 nitrogen and oxygen atoms in total. The standard InChI is InChI=1S/C16H34N2/c1-4-15(5-2)14-18(6-3)13-9-11-16-10-7-8-12-17-16/h15-17H,4-14H2,1-3H3. The molecule has 2 heteroatoms. The Morgan fingerprint density at radius 3 is 2.50 bits per heavy atom. The van der Waals surface area contributed by atoms with E-state index in [-0.39, 0.29) is 0 Å². The van der Waals surface area contributed by atoms with Gasteiger partial charge in [-0.05, 0) is 51.2 Å². The molecule has 1 saturated heterocycles. The first-order valence-corrected chi connectivity index (χ1v) is 8.25. The summed E-state index contributed by atoms with van der Waals surface area (Å²) in [6.45, 7) is 12.0. The fourth-order valence-electron chi connectivity index (χ4n) is 3.02. The Hall–Kier alpha value is -0.0800. The van der Waals surface area contributed by atoms with E-state index in [9.17, 15) is 0 Å². The van der Waals surface area contributed by atoms with Crippen molar-refractivity contribution in [3.05, 3.63) is 0 Å². The van der Waals surface area contributed by atoms with Crippen LogP contribution >= 0.6 is 0 Å². The molecule has 0 spiro atoms. The predicted octanol–water partition coefficient (Wildman–Crippen LogP) is 3.67. The molecule has 1 fully saturated rings. The van der Waals surface area contributed by atoms with Crippen LogP contribution in [0.15, 0.2) is 0 Å². The third kappa shape index (κ3) is 6.19. The molecule has 0 amide bonds. The van der Waals surface area contributed by atoms with Crippen LogP contribution in [0.3, 0.4) is 0 Å². The van der Waals surface area contributed by atoms with Crippen molar-refractivity contribution in [3.8, 4) is 0 Å². The first-order chi connectivity index (χ1) is 8.80. The molecule has 0 aliphatic carbocycles. The zero-order valence-corrected chi connectivity index (χ0v) is 12.9. The summed E-state index contributed by atoms with van der Waals surface area (Å²) >= 11 is 0. The zero-order chi connectivity index (χ0) is 13.2. The van der Waals surface area contributed by atoms with Crippen molar-refractivity contribution in [3.63, 3.8) is 0 Å². The second-order valence-electron chi connectivity index (χ2n) is 5.86. The molecule has 1 atom stereocenters. The monoisotopic (exact) mass is 254 g/mol. The normalized spacial score (nSPS) is 20.8. The summed E-state index contributed by atoms with van der Waals surface area (Å²) in [5.41, 5.74) is 0. The van der Waals surface area contributed by atoms with E-state index in [0.29, 0.717) is 0 Å². The maximum absolute atomic E-state index is 3.66. The lowest BCUT2D eigenvalue weighted by molar-refractivity contribution is 0.224. The largest absolute Gasteiger partial charge is 0.314 e. The van der Waals surface area contributed by atoms with Crippen LogP contribution in [0.2, 0.25) is 0 Å². The number of nitrogens with one attached hydrogen (secondary N) is 1. The Balaban J connectivity index is 2.13. The highest BCUT2D eigenvalue weighted by atomic mass is 15.1. The summed E-state index contributed by atoms with van der Waals surface area (Å²) in [5, 5.41) is 3.66. The summed E-state index contributed by atoms with van der Waals surface area (Å²) in [6, 6.07) is 0.811. The van der Waals surface area contributed by atoms with Gasteiger partial charge in [0, 0.05) is 12.6 Å². The van der Waals surface area contributed by atoms with Crippen LogP contribution in [0.25, 0.3) is 0 Å². The highest BCUT2D eigenvalue weighted by Crippen LogP contribution is 2.14. The molecule has 108 valence electrons. The van der Waals surface area contributed by atoms with Gasteiger partial charge >= 0.3 is 0 Å². The van der Waals surface area contributed by atoms with Crippen molar-refractivity contribution in [2.45, 2.75) is 71.8 Å². The van der Waals surface area contributed by atoms with Crippen LogP contribution in [0, 0.1) is 5.92 Å². The third-order valence-corrected chi connectivity index (χ3v) is 4.56. The van der Waals surface area contributed by atoms with E-state index in [1.807, 2.05) is 0 Å². The SMILES string of the molecule is CCC(CC)CN(CC)CCCC1CCCCN1. The van der Waals surface area contributed by atoms with Crippen LogP contribution in [0.5, 0.6) is 0 Å². The molecule has 1 heterocycles. The van der Waals surface area contributed by atoms with Gasteiger partial charge < -0.3 is 10.2 Å². The van der Waals surface area contributed by atoms with Crippen molar-refractivity contribution in [1.29, 1.82) is 0 Å². The minimum absolute atomic E-state index is 0.811. The summed E-state index contributed by atoms with van der Waals surface area (Å²) in [7, 11) is 0. The van der Waals surface area contributed by atoms with E-state index in [1.54, 1.807) is 0 Å². The van der Waals surface area contributed by atoms with E-state index >= 15 is 0 Å². The van der Waals surface area contributed by atoms with Crippen molar-refractivity contribution in [2.24, 2.45) is 5.92 Å². The molecule has 0 bridgehead atoms. The van der Waals surface area contributed by atoms with Crippen molar-refractivity contribution >= 4 is 0 Å². The van der Waals surface area contributed by atoms with E-state index in [0.717, 1.165) is 12.0 Å². The van der Waals surface area contributed by atoms with E-state index < -0.39 is 0 Å². The van der Waals surface area contributed by atoms with Gasteiger partial charge in [-0.1, -0.05) is 40.0 Å². The van der Waals surface area contributed by atoms with Gasteiger partial charge in [-0.2, -0.15) is 0 Å². The van der Waals surface area contributed by atoms with E-state index in [2.05, 4.69) is 31.0 Å². The average molecular weight is 254 g/mol. The second kappa shape index (κ2) is 9.80. The van der Waals surface area contributed by atoms with Gasteiger partial charge in [0.1, 0.15) is 0 Å². The highest BCUT2D eigenvalue weighted by molar-refractivity contribution is 4.73. The minimum Gasteiger partial charge on any atom is -0.314 e. The van der Waals surface area contributed by atoms with Gasteiger partial charge in [0.25, 0.3) is 0 Å². The molecule has 1 unspecified atom stereocenters. The average Bonchev–Trinajstić information content (AvgIpc) is 2.44. The predicted molar refractivity (Wildman–Crippen MR) is 81.1 cm³/mol. The molecule has 1 rings (SSSR count). The molecule has 18 heavy (non-hydrogen) atoms. The molecule has 0 radical (unpaired) electrons. The lowest BCUT2D eigenvalue weighted by Crippen LogP contribution is -2.35. The van der Waals surface area contributed by atoms with Gasteiger partial charge in [-0.25, -0.2) is 0 Å². The van der Waals surface area contributed by atoms with Crippen LogP contribution in [-0.2, 0) is 0 Å². The zero-order valence-electron chi connectivity index (χ0n) is 12.9. The third-order valence-electron chi connectivity index (χ3n) is 4.56. The second-order valence-corrected chi connectivity index (χ2v) is 5.86. The van der Waals surface area contributed by atoms with Crippen LogP contribution in [0.1, 0.15) is 65.7 Å². The lowest BCUT2D eigenvalue weighted by Gasteiger charge is -2.27. The quantitative estimate of drug-likeness (QED) is 0.675. The lowest BCUT2D eigenvalue weighted by atomic mass is 10.00. The minimum atomic E-state index is 0.811. The molecule has 0 aromatic rings. The number of hydrogen-bond acceptors (Lipinski definition) is 2. The first kappa shape index (κ1) is 16.0. The van der Waals surface area contributed by atoms with Crippen LogP contribution < -0.4 is 5.32 Å². The Kier molecular flexibility index (Phi) is 8.70. The maximum Gasteiger partial charge on any atom is 0.00675 e. The van der Waals surface area contributed by atoms with Crippen LogP contribution in [0.4, 0.5) is 0 Å².